The number of pyridine rings is 1. The number of hydrogen-bond donors (Lipinski definition) is 3. The van der Waals surface area contributed by atoms with Crippen molar-refractivity contribution in [2.45, 2.75) is 56.7 Å². The van der Waals surface area contributed by atoms with Gasteiger partial charge < -0.3 is 20.9 Å². The zero-order chi connectivity index (χ0) is 21.5. The first-order chi connectivity index (χ1) is 15.2. The second-order valence-electron chi connectivity index (χ2n) is 8.43. The van der Waals surface area contributed by atoms with Gasteiger partial charge in [0.15, 0.2) is 0 Å². The summed E-state index contributed by atoms with van der Waals surface area (Å²) in [5.41, 5.74) is 1.39. The molecule has 0 bridgehead atoms. The van der Waals surface area contributed by atoms with Crippen molar-refractivity contribution in [1.29, 1.82) is 5.26 Å². The van der Waals surface area contributed by atoms with Crippen LogP contribution in [0.5, 0.6) is 0 Å². The Morgan fingerprint density at radius 1 is 1.03 bits per heavy atom. The predicted molar refractivity (Wildman–Crippen MR) is 122 cm³/mol. The maximum Gasteiger partial charge on any atom is 0.319 e. The molecule has 0 unspecified atom stereocenters. The van der Waals surface area contributed by atoms with Crippen LogP contribution in [-0.4, -0.2) is 42.2 Å². The van der Waals surface area contributed by atoms with Gasteiger partial charge in [-0.05, 0) is 49.9 Å². The van der Waals surface area contributed by atoms with E-state index in [1.165, 1.54) is 6.42 Å². The van der Waals surface area contributed by atoms with Crippen molar-refractivity contribution in [3.8, 4) is 6.07 Å². The monoisotopic (exact) mass is 418 g/mol. The number of carbonyl (C=O) groups excluding carboxylic acids is 1. The molecule has 162 valence electrons. The molecule has 3 atom stereocenters. The largest absolute Gasteiger partial charge is 0.355 e. The third-order valence-electron chi connectivity index (χ3n) is 6.19. The van der Waals surface area contributed by atoms with Crippen molar-refractivity contribution >= 4 is 17.5 Å². The van der Waals surface area contributed by atoms with Gasteiger partial charge in [-0.25, -0.2) is 9.78 Å². The van der Waals surface area contributed by atoms with E-state index >= 15 is 0 Å². The van der Waals surface area contributed by atoms with Crippen LogP contribution in [0.1, 0.15) is 44.1 Å². The molecule has 2 amide bonds. The van der Waals surface area contributed by atoms with Crippen molar-refractivity contribution < 1.29 is 4.79 Å². The fourth-order valence-electron chi connectivity index (χ4n) is 4.62. The molecule has 4 rings (SSSR count). The summed E-state index contributed by atoms with van der Waals surface area (Å²) in [6, 6.07) is 16.0. The summed E-state index contributed by atoms with van der Waals surface area (Å²) in [7, 11) is 0. The molecule has 1 aromatic carbocycles. The fraction of sp³-hybridized carbons (Fsp3) is 0.458. The van der Waals surface area contributed by atoms with Gasteiger partial charge in [0.1, 0.15) is 11.9 Å². The van der Waals surface area contributed by atoms with Crippen LogP contribution in [0, 0.1) is 11.3 Å². The summed E-state index contributed by atoms with van der Waals surface area (Å²) in [4.78, 5) is 19.3. The van der Waals surface area contributed by atoms with E-state index in [1.807, 2.05) is 42.5 Å². The first-order valence-electron chi connectivity index (χ1n) is 11.2. The number of anilines is 2. The number of nitrogens with zero attached hydrogens (tertiary/aromatic N) is 3. The lowest BCUT2D eigenvalue weighted by Gasteiger charge is -2.39. The second kappa shape index (κ2) is 10.3. The van der Waals surface area contributed by atoms with Crippen molar-refractivity contribution in [1.82, 2.24) is 15.6 Å². The van der Waals surface area contributed by atoms with Gasteiger partial charge in [0, 0.05) is 43.1 Å². The third-order valence-corrected chi connectivity index (χ3v) is 6.19. The highest BCUT2D eigenvalue weighted by atomic mass is 16.2. The van der Waals surface area contributed by atoms with Crippen molar-refractivity contribution in [3.63, 3.8) is 0 Å². The standard InChI is InChI=1S/C24H30N6O/c25-15-18-12-13-23(26-16-18)30-14-6-9-20(17-30)27-21-10-4-5-11-22(21)29-24(31)28-19-7-2-1-3-8-19/h1-3,7-8,12-13,16,20-22,27H,4-6,9-11,14,17H2,(H2,28,29,31)/t20-,21+,22+/m0/s1. The van der Waals surface area contributed by atoms with Crippen LogP contribution >= 0.6 is 0 Å². The smallest absolute Gasteiger partial charge is 0.319 e. The number of rotatable bonds is 5. The van der Waals surface area contributed by atoms with Gasteiger partial charge in [-0.3, -0.25) is 0 Å². The highest BCUT2D eigenvalue weighted by molar-refractivity contribution is 5.89. The number of carbonyl (C=O) groups is 1. The van der Waals surface area contributed by atoms with Crippen LogP contribution in [0.25, 0.3) is 0 Å². The second-order valence-corrected chi connectivity index (χ2v) is 8.43. The molecule has 2 aromatic rings. The number of benzene rings is 1. The van der Waals surface area contributed by atoms with E-state index in [-0.39, 0.29) is 18.1 Å². The first kappa shape index (κ1) is 21.1. The summed E-state index contributed by atoms with van der Waals surface area (Å²) in [6.45, 7) is 1.86. The minimum absolute atomic E-state index is 0.126. The van der Waals surface area contributed by atoms with Gasteiger partial charge in [-0.1, -0.05) is 31.0 Å². The van der Waals surface area contributed by atoms with Crippen molar-refractivity contribution in [3.05, 3.63) is 54.2 Å². The number of para-hydroxylation sites is 1. The molecule has 2 aliphatic rings. The topological polar surface area (TPSA) is 93.1 Å². The van der Waals surface area contributed by atoms with E-state index in [0.717, 1.165) is 56.7 Å². The lowest BCUT2D eigenvalue weighted by molar-refractivity contribution is 0.226. The number of urea groups is 1. The summed E-state index contributed by atoms with van der Waals surface area (Å²) in [6.07, 6.45) is 8.24. The molecule has 1 saturated carbocycles. The normalized spacial score (nSPS) is 23.6. The molecule has 7 nitrogen and oxygen atoms in total. The van der Waals surface area contributed by atoms with Crippen LogP contribution in [0.15, 0.2) is 48.7 Å². The highest BCUT2D eigenvalue weighted by Gasteiger charge is 2.30. The maximum atomic E-state index is 12.5. The minimum atomic E-state index is -0.142. The number of amides is 2. The van der Waals surface area contributed by atoms with Gasteiger partial charge in [0.25, 0.3) is 0 Å². The summed E-state index contributed by atoms with van der Waals surface area (Å²) in [5.74, 6) is 0.922. The molecule has 1 aromatic heterocycles. The third kappa shape index (κ3) is 5.74. The van der Waals surface area contributed by atoms with Gasteiger partial charge in [0.2, 0.25) is 0 Å². The summed E-state index contributed by atoms with van der Waals surface area (Å²) in [5, 5.41) is 18.9. The SMILES string of the molecule is N#Cc1ccc(N2CCC[C@H](N[C@@H]3CCCC[C@H]3NC(=O)Nc3ccccc3)C2)nc1. The lowest BCUT2D eigenvalue weighted by atomic mass is 9.89. The van der Waals surface area contributed by atoms with Crippen LogP contribution in [-0.2, 0) is 0 Å². The summed E-state index contributed by atoms with van der Waals surface area (Å²) >= 11 is 0. The van der Waals surface area contributed by atoms with Gasteiger partial charge in [-0.2, -0.15) is 5.26 Å². The molecule has 1 aliphatic carbocycles. The molecule has 7 heteroatoms. The Hall–Kier alpha value is -3.11. The Labute approximate surface area is 183 Å². The van der Waals surface area contributed by atoms with Gasteiger partial charge in [0.05, 0.1) is 5.56 Å². The van der Waals surface area contributed by atoms with E-state index < -0.39 is 0 Å². The number of nitrogens with one attached hydrogen (secondary N) is 3. The van der Waals surface area contributed by atoms with Crippen LogP contribution in [0.2, 0.25) is 0 Å². The minimum Gasteiger partial charge on any atom is -0.355 e. The van der Waals surface area contributed by atoms with Crippen molar-refractivity contribution in [2.24, 2.45) is 0 Å². The molecule has 3 N–H and O–H groups in total. The van der Waals surface area contributed by atoms with E-state index in [1.54, 1.807) is 6.20 Å². The number of aromatic nitrogens is 1. The first-order valence-corrected chi connectivity index (χ1v) is 11.2. The molecule has 1 saturated heterocycles. The fourth-order valence-corrected chi connectivity index (χ4v) is 4.62. The highest BCUT2D eigenvalue weighted by Crippen LogP contribution is 2.23. The van der Waals surface area contributed by atoms with Crippen LogP contribution < -0.4 is 20.9 Å². The number of piperidine rings is 1. The zero-order valence-corrected chi connectivity index (χ0v) is 17.8. The average Bonchev–Trinajstić information content (AvgIpc) is 2.81. The number of nitriles is 1. The Kier molecular flexibility index (Phi) is 7.00. The Balaban J connectivity index is 1.33. The lowest BCUT2D eigenvalue weighted by Crippen LogP contribution is -2.57. The van der Waals surface area contributed by atoms with E-state index in [2.05, 4.69) is 31.9 Å². The summed E-state index contributed by atoms with van der Waals surface area (Å²) < 4.78 is 0. The Morgan fingerprint density at radius 2 is 1.84 bits per heavy atom. The van der Waals surface area contributed by atoms with E-state index in [4.69, 9.17) is 5.26 Å². The average molecular weight is 419 g/mol. The maximum absolute atomic E-state index is 12.5. The van der Waals surface area contributed by atoms with Crippen LogP contribution in [0.4, 0.5) is 16.3 Å². The molecular weight excluding hydrogens is 388 g/mol. The van der Waals surface area contributed by atoms with Gasteiger partial charge >= 0.3 is 6.03 Å². The zero-order valence-electron chi connectivity index (χ0n) is 17.8. The Morgan fingerprint density at radius 3 is 2.58 bits per heavy atom. The predicted octanol–water partition coefficient (Wildman–Crippen LogP) is 3.64. The molecule has 1 aliphatic heterocycles. The van der Waals surface area contributed by atoms with Gasteiger partial charge in [-0.15, -0.1) is 0 Å². The molecule has 2 heterocycles. The van der Waals surface area contributed by atoms with E-state index in [0.29, 0.717) is 11.6 Å². The molecule has 0 spiro atoms. The molecule has 31 heavy (non-hydrogen) atoms. The molecule has 2 fully saturated rings. The molecular formula is C24H30N6O. The quantitative estimate of drug-likeness (QED) is 0.689. The number of hydrogen-bond acceptors (Lipinski definition) is 5. The van der Waals surface area contributed by atoms with Crippen molar-refractivity contribution in [2.75, 3.05) is 23.3 Å². The Bertz CT molecular complexity index is 895. The molecule has 0 radical (unpaired) electrons. The van der Waals surface area contributed by atoms with Crippen LogP contribution in [0.3, 0.4) is 0 Å². The van der Waals surface area contributed by atoms with E-state index in [9.17, 15) is 4.79 Å².